The lowest BCUT2D eigenvalue weighted by Crippen LogP contribution is -2.37. The fourth-order valence-electron chi connectivity index (χ4n) is 3.44. The Balaban J connectivity index is 1.71. The van der Waals surface area contributed by atoms with E-state index < -0.39 is 36.2 Å². The highest BCUT2D eigenvalue weighted by Crippen LogP contribution is 2.24. The number of nitrogens with zero attached hydrogens (tertiary/aromatic N) is 6. The molecule has 0 aliphatic rings. The third-order valence-electron chi connectivity index (χ3n) is 5.27. The topological polar surface area (TPSA) is 120 Å². The second kappa shape index (κ2) is 10.1. The number of benzene rings is 2. The first kappa shape index (κ1) is 26.0. The maximum absolute atomic E-state index is 13.7. The van der Waals surface area contributed by atoms with Gasteiger partial charge in [-0.05, 0) is 42.5 Å². The highest BCUT2D eigenvalue weighted by Gasteiger charge is 2.39. The fourth-order valence-corrected chi connectivity index (χ4v) is 3.57. The van der Waals surface area contributed by atoms with Gasteiger partial charge in [0.1, 0.15) is 18.7 Å². The first-order valence-electron chi connectivity index (χ1n) is 10.6. The largest absolute Gasteiger partial charge is 0.416 e. The van der Waals surface area contributed by atoms with Crippen LogP contribution in [0.3, 0.4) is 0 Å². The molecule has 0 bridgehead atoms. The molecular weight excluding hydrogens is 522 g/mol. The summed E-state index contributed by atoms with van der Waals surface area (Å²) in [6.07, 6.45) is -6.55. The van der Waals surface area contributed by atoms with E-state index in [0.29, 0.717) is 9.59 Å². The van der Waals surface area contributed by atoms with Crippen LogP contribution in [0.1, 0.15) is 16.2 Å². The summed E-state index contributed by atoms with van der Waals surface area (Å²) in [4.78, 5) is 29.2. The van der Waals surface area contributed by atoms with E-state index in [1.165, 1.54) is 48.4 Å². The number of rotatable bonds is 7. The standard InChI is InChI=1S/C22H18ClF4N7O3/c1-28-20(36)15-8-14(24)6-7-16(15)34-11-29-18(30-34)10-33-21(37)32(9-17(35)22(25,26)27)19(31-33)12-2-4-13(23)5-3-12/h2-8,11,17,35H,9-10H2,1H3,(H,28,36)/t17-/m0/s1. The number of aliphatic hydroxyl groups excluding tert-OH is 1. The zero-order valence-corrected chi connectivity index (χ0v) is 19.7. The number of amides is 1. The Hall–Kier alpha value is -4.04. The van der Waals surface area contributed by atoms with Crippen LogP contribution in [-0.4, -0.2) is 59.5 Å². The Morgan fingerprint density at radius 1 is 1.16 bits per heavy atom. The molecule has 15 heteroatoms. The van der Waals surface area contributed by atoms with Crippen LogP contribution in [0.5, 0.6) is 0 Å². The second-order valence-electron chi connectivity index (χ2n) is 7.78. The lowest BCUT2D eigenvalue weighted by Gasteiger charge is -2.15. The average molecular weight is 540 g/mol. The van der Waals surface area contributed by atoms with Crippen molar-refractivity contribution in [2.75, 3.05) is 7.05 Å². The number of halogens is 5. The molecule has 4 rings (SSSR count). The molecule has 2 aromatic heterocycles. The molecule has 194 valence electrons. The van der Waals surface area contributed by atoms with Crippen LogP contribution in [0.25, 0.3) is 17.1 Å². The highest BCUT2D eigenvalue weighted by molar-refractivity contribution is 6.30. The zero-order chi connectivity index (χ0) is 26.9. The lowest BCUT2D eigenvalue weighted by molar-refractivity contribution is -0.207. The Labute approximate surface area is 210 Å². The maximum atomic E-state index is 13.7. The van der Waals surface area contributed by atoms with Gasteiger partial charge in [-0.15, -0.1) is 10.2 Å². The van der Waals surface area contributed by atoms with Crippen molar-refractivity contribution < 1.29 is 27.5 Å². The lowest BCUT2D eigenvalue weighted by atomic mass is 10.1. The third-order valence-corrected chi connectivity index (χ3v) is 5.52. The van der Waals surface area contributed by atoms with E-state index in [0.717, 1.165) is 16.8 Å². The maximum Gasteiger partial charge on any atom is 0.416 e. The monoisotopic (exact) mass is 539 g/mol. The van der Waals surface area contributed by atoms with E-state index in [4.69, 9.17) is 11.6 Å². The van der Waals surface area contributed by atoms with E-state index in [-0.39, 0.29) is 35.0 Å². The van der Waals surface area contributed by atoms with Crippen molar-refractivity contribution in [3.8, 4) is 17.1 Å². The van der Waals surface area contributed by atoms with Gasteiger partial charge in [-0.2, -0.15) is 13.2 Å². The van der Waals surface area contributed by atoms with E-state index >= 15 is 0 Å². The van der Waals surface area contributed by atoms with Crippen LogP contribution in [0, 0.1) is 5.82 Å². The van der Waals surface area contributed by atoms with Gasteiger partial charge in [-0.3, -0.25) is 9.36 Å². The first-order chi connectivity index (χ1) is 17.5. The molecule has 1 amide bonds. The van der Waals surface area contributed by atoms with Crippen molar-refractivity contribution in [3.05, 3.63) is 81.5 Å². The number of carbonyl (C=O) groups is 1. The molecular formula is C22H18ClF4N7O3. The fraction of sp³-hybridized carbons (Fsp3) is 0.227. The van der Waals surface area contributed by atoms with Crippen LogP contribution in [0.2, 0.25) is 5.02 Å². The molecule has 0 spiro atoms. The van der Waals surface area contributed by atoms with E-state index in [9.17, 15) is 32.3 Å². The van der Waals surface area contributed by atoms with Gasteiger partial charge in [0.05, 0.1) is 17.8 Å². The van der Waals surface area contributed by atoms with Crippen molar-refractivity contribution in [1.29, 1.82) is 0 Å². The molecule has 1 atom stereocenters. The molecule has 4 aromatic rings. The minimum atomic E-state index is -4.96. The molecule has 2 heterocycles. The quantitative estimate of drug-likeness (QED) is 0.348. The average Bonchev–Trinajstić information content (AvgIpc) is 3.44. The molecule has 0 saturated heterocycles. The number of hydrogen-bond donors (Lipinski definition) is 2. The number of alkyl halides is 3. The van der Waals surface area contributed by atoms with Crippen LogP contribution >= 0.6 is 11.6 Å². The molecule has 0 aliphatic heterocycles. The van der Waals surface area contributed by atoms with Gasteiger partial charge in [0.2, 0.25) is 0 Å². The van der Waals surface area contributed by atoms with Crippen LogP contribution < -0.4 is 11.0 Å². The summed E-state index contributed by atoms with van der Waals surface area (Å²) in [5.41, 5.74) is -0.480. The number of hydrogen-bond acceptors (Lipinski definition) is 6. The molecule has 0 fully saturated rings. The Morgan fingerprint density at radius 3 is 2.51 bits per heavy atom. The number of aliphatic hydroxyl groups is 1. The van der Waals surface area contributed by atoms with E-state index in [1.54, 1.807) is 0 Å². The molecule has 2 aromatic carbocycles. The Kier molecular flexibility index (Phi) is 7.14. The first-order valence-corrected chi connectivity index (χ1v) is 11.0. The van der Waals surface area contributed by atoms with E-state index in [1.807, 2.05) is 0 Å². The predicted octanol–water partition coefficient (Wildman–Crippen LogP) is 2.42. The van der Waals surface area contributed by atoms with Crippen molar-refractivity contribution in [1.82, 2.24) is 34.4 Å². The molecule has 2 N–H and O–H groups in total. The minimum Gasteiger partial charge on any atom is -0.382 e. The normalized spacial score (nSPS) is 12.5. The smallest absolute Gasteiger partial charge is 0.382 e. The van der Waals surface area contributed by atoms with Gasteiger partial charge >= 0.3 is 11.9 Å². The summed E-state index contributed by atoms with van der Waals surface area (Å²) < 4.78 is 55.5. The summed E-state index contributed by atoms with van der Waals surface area (Å²) in [7, 11) is 1.38. The van der Waals surface area contributed by atoms with Gasteiger partial charge < -0.3 is 10.4 Å². The molecule has 0 aliphatic carbocycles. The second-order valence-corrected chi connectivity index (χ2v) is 8.22. The number of nitrogens with one attached hydrogen (secondary N) is 1. The molecule has 0 saturated carbocycles. The van der Waals surface area contributed by atoms with Gasteiger partial charge in [0.25, 0.3) is 5.91 Å². The van der Waals surface area contributed by atoms with Gasteiger partial charge in [0.15, 0.2) is 17.8 Å². The summed E-state index contributed by atoms with van der Waals surface area (Å²) in [5, 5.41) is 20.7. The van der Waals surface area contributed by atoms with Crippen molar-refractivity contribution in [2.24, 2.45) is 0 Å². The summed E-state index contributed by atoms with van der Waals surface area (Å²) >= 11 is 5.88. The van der Waals surface area contributed by atoms with Crippen molar-refractivity contribution in [3.63, 3.8) is 0 Å². The summed E-state index contributed by atoms with van der Waals surface area (Å²) in [6, 6.07) is 9.34. The SMILES string of the molecule is CNC(=O)c1cc(F)ccc1-n1cnc(Cn2nc(-c3ccc(Cl)cc3)n(C[C@H](O)C(F)(F)F)c2=O)n1. The highest BCUT2D eigenvalue weighted by atomic mass is 35.5. The molecule has 0 unspecified atom stereocenters. The van der Waals surface area contributed by atoms with Crippen molar-refractivity contribution in [2.45, 2.75) is 25.4 Å². The minimum absolute atomic E-state index is 0.0217. The summed E-state index contributed by atoms with van der Waals surface area (Å²) in [5.74, 6) is -1.32. The molecule has 37 heavy (non-hydrogen) atoms. The van der Waals surface area contributed by atoms with E-state index in [2.05, 4.69) is 20.5 Å². The molecule has 0 radical (unpaired) electrons. The van der Waals surface area contributed by atoms with Crippen LogP contribution in [-0.2, 0) is 13.1 Å². The van der Waals surface area contributed by atoms with Gasteiger partial charge in [0, 0.05) is 17.6 Å². The summed E-state index contributed by atoms with van der Waals surface area (Å²) in [6.45, 7) is -1.44. The third kappa shape index (κ3) is 5.54. The van der Waals surface area contributed by atoms with Gasteiger partial charge in [-0.25, -0.2) is 23.5 Å². The van der Waals surface area contributed by atoms with Crippen LogP contribution in [0.15, 0.2) is 53.6 Å². The number of carbonyl (C=O) groups excluding carboxylic acids is 1. The molecule has 10 nitrogen and oxygen atoms in total. The predicted molar refractivity (Wildman–Crippen MR) is 123 cm³/mol. The van der Waals surface area contributed by atoms with Crippen LogP contribution in [0.4, 0.5) is 17.6 Å². The number of aromatic nitrogens is 6. The van der Waals surface area contributed by atoms with Crippen molar-refractivity contribution >= 4 is 17.5 Å². The van der Waals surface area contributed by atoms with Gasteiger partial charge in [-0.1, -0.05) is 11.6 Å². The Bertz CT molecular complexity index is 1500. The Morgan fingerprint density at radius 2 is 1.86 bits per heavy atom. The zero-order valence-electron chi connectivity index (χ0n) is 18.9.